The fourth-order valence-corrected chi connectivity index (χ4v) is 3.43. The molecule has 2 nitrogen and oxygen atoms in total. The van der Waals surface area contributed by atoms with Gasteiger partial charge in [-0.15, -0.1) is 24.8 Å². The van der Waals surface area contributed by atoms with Crippen LogP contribution in [-0.2, 0) is 0 Å². The molecule has 0 atom stereocenters. The molecule has 2 rings (SSSR count). The van der Waals surface area contributed by atoms with Gasteiger partial charge in [-0.25, -0.2) is 0 Å². The first-order valence-electron chi connectivity index (χ1n) is 6.27. The zero-order valence-corrected chi connectivity index (χ0v) is 13.2. The molecule has 2 heterocycles. The predicted octanol–water partition coefficient (Wildman–Crippen LogP) is 2.66. The number of piperidine rings is 1. The largest absolute Gasteiger partial charge is 0.317 e. The first-order chi connectivity index (χ1) is 7.35. The SMILES string of the molecule is CSCCCN1CCC2(CCNCC2)C1.Cl.Cl. The third kappa shape index (κ3) is 5.15. The molecular weight excluding hydrogens is 275 g/mol. The average Bonchev–Trinajstić information content (AvgIpc) is 2.63. The minimum absolute atomic E-state index is 0. The van der Waals surface area contributed by atoms with Crippen LogP contribution in [0.4, 0.5) is 0 Å². The van der Waals surface area contributed by atoms with E-state index < -0.39 is 0 Å². The van der Waals surface area contributed by atoms with E-state index >= 15 is 0 Å². The fraction of sp³-hybridized carbons (Fsp3) is 1.00. The summed E-state index contributed by atoms with van der Waals surface area (Å²) in [6.07, 6.45) is 7.85. The summed E-state index contributed by atoms with van der Waals surface area (Å²) >= 11 is 1.98. The Bertz CT molecular complexity index is 197. The summed E-state index contributed by atoms with van der Waals surface area (Å²) in [6.45, 7) is 6.56. The van der Waals surface area contributed by atoms with E-state index in [1.807, 2.05) is 11.8 Å². The third-order valence-electron chi connectivity index (χ3n) is 4.00. The van der Waals surface area contributed by atoms with Gasteiger partial charge in [0.15, 0.2) is 0 Å². The van der Waals surface area contributed by atoms with Gasteiger partial charge in [-0.2, -0.15) is 11.8 Å². The van der Waals surface area contributed by atoms with Crippen LogP contribution in [0.15, 0.2) is 0 Å². The van der Waals surface area contributed by atoms with Crippen LogP contribution in [0.5, 0.6) is 0 Å². The molecule has 2 fully saturated rings. The number of nitrogens with zero attached hydrogens (tertiary/aromatic N) is 1. The van der Waals surface area contributed by atoms with Gasteiger partial charge in [0.05, 0.1) is 0 Å². The van der Waals surface area contributed by atoms with Crippen molar-refractivity contribution < 1.29 is 0 Å². The summed E-state index contributed by atoms with van der Waals surface area (Å²) in [5.41, 5.74) is 0.699. The van der Waals surface area contributed by atoms with Crippen LogP contribution in [0.1, 0.15) is 25.7 Å². The number of likely N-dealkylation sites (tertiary alicyclic amines) is 1. The van der Waals surface area contributed by atoms with E-state index in [-0.39, 0.29) is 24.8 Å². The molecule has 5 heteroatoms. The molecule has 2 aliphatic rings. The minimum atomic E-state index is 0. The van der Waals surface area contributed by atoms with Crippen molar-refractivity contribution in [2.75, 3.05) is 44.7 Å². The highest BCUT2D eigenvalue weighted by Crippen LogP contribution is 2.38. The van der Waals surface area contributed by atoms with Crippen LogP contribution < -0.4 is 5.32 Å². The number of hydrogen-bond donors (Lipinski definition) is 1. The summed E-state index contributed by atoms with van der Waals surface area (Å²) in [7, 11) is 0. The van der Waals surface area contributed by atoms with Crippen molar-refractivity contribution in [3.8, 4) is 0 Å². The van der Waals surface area contributed by atoms with Crippen LogP contribution in [0, 0.1) is 5.41 Å². The molecule has 0 aromatic carbocycles. The van der Waals surface area contributed by atoms with Crippen LogP contribution >= 0.6 is 36.6 Å². The quantitative estimate of drug-likeness (QED) is 0.804. The van der Waals surface area contributed by atoms with Crippen LogP contribution in [0.3, 0.4) is 0 Å². The van der Waals surface area contributed by atoms with Gasteiger partial charge in [0, 0.05) is 6.54 Å². The van der Waals surface area contributed by atoms with Crippen molar-refractivity contribution in [1.29, 1.82) is 0 Å². The highest BCUT2D eigenvalue weighted by Gasteiger charge is 2.38. The summed E-state index contributed by atoms with van der Waals surface area (Å²) in [5.74, 6) is 1.32. The molecule has 0 unspecified atom stereocenters. The molecule has 104 valence electrons. The molecule has 0 aromatic rings. The highest BCUT2D eigenvalue weighted by atomic mass is 35.5. The zero-order chi connectivity index (χ0) is 10.6. The summed E-state index contributed by atoms with van der Waals surface area (Å²) in [5, 5.41) is 3.48. The van der Waals surface area contributed by atoms with Gasteiger partial charge in [-0.1, -0.05) is 0 Å². The first kappa shape index (κ1) is 17.8. The molecule has 2 aliphatic heterocycles. The lowest BCUT2D eigenvalue weighted by atomic mass is 9.78. The summed E-state index contributed by atoms with van der Waals surface area (Å²) in [6, 6.07) is 0. The minimum Gasteiger partial charge on any atom is -0.317 e. The molecule has 2 saturated heterocycles. The lowest BCUT2D eigenvalue weighted by Crippen LogP contribution is -2.38. The van der Waals surface area contributed by atoms with E-state index in [2.05, 4.69) is 16.5 Å². The maximum absolute atomic E-state index is 3.48. The number of thioether (sulfide) groups is 1. The van der Waals surface area contributed by atoms with E-state index in [9.17, 15) is 0 Å². The Morgan fingerprint density at radius 2 is 1.88 bits per heavy atom. The van der Waals surface area contributed by atoms with Crippen molar-refractivity contribution >= 4 is 36.6 Å². The Labute approximate surface area is 122 Å². The number of rotatable bonds is 4. The maximum Gasteiger partial charge on any atom is 0.00394 e. The van der Waals surface area contributed by atoms with Gasteiger partial charge < -0.3 is 10.2 Å². The summed E-state index contributed by atoms with van der Waals surface area (Å²) < 4.78 is 0. The Balaban J connectivity index is 0.00000128. The van der Waals surface area contributed by atoms with Crippen molar-refractivity contribution in [1.82, 2.24) is 10.2 Å². The van der Waals surface area contributed by atoms with E-state index in [4.69, 9.17) is 0 Å². The van der Waals surface area contributed by atoms with Gasteiger partial charge in [0.1, 0.15) is 0 Å². The number of hydrogen-bond acceptors (Lipinski definition) is 3. The van der Waals surface area contributed by atoms with E-state index in [1.54, 1.807) is 0 Å². The van der Waals surface area contributed by atoms with Crippen LogP contribution in [-0.4, -0.2) is 49.6 Å². The molecular formula is C12H26Cl2N2S. The fourth-order valence-electron chi connectivity index (χ4n) is 3.02. The lowest BCUT2D eigenvalue weighted by Gasteiger charge is -2.33. The second kappa shape index (κ2) is 8.87. The van der Waals surface area contributed by atoms with Crippen molar-refractivity contribution in [2.24, 2.45) is 5.41 Å². The maximum atomic E-state index is 3.48. The van der Waals surface area contributed by atoms with Crippen molar-refractivity contribution in [2.45, 2.75) is 25.7 Å². The zero-order valence-electron chi connectivity index (χ0n) is 10.7. The first-order valence-corrected chi connectivity index (χ1v) is 7.66. The molecule has 1 N–H and O–H groups in total. The summed E-state index contributed by atoms with van der Waals surface area (Å²) in [4.78, 5) is 2.70. The van der Waals surface area contributed by atoms with Crippen molar-refractivity contribution in [3.63, 3.8) is 0 Å². The molecule has 0 saturated carbocycles. The number of nitrogens with one attached hydrogen (secondary N) is 1. The normalized spacial score (nSPS) is 23.1. The molecule has 0 aromatic heterocycles. The van der Waals surface area contributed by atoms with Gasteiger partial charge >= 0.3 is 0 Å². The van der Waals surface area contributed by atoms with Gasteiger partial charge in [-0.3, -0.25) is 0 Å². The Morgan fingerprint density at radius 3 is 2.53 bits per heavy atom. The van der Waals surface area contributed by atoms with Gasteiger partial charge in [0.25, 0.3) is 0 Å². The monoisotopic (exact) mass is 300 g/mol. The van der Waals surface area contributed by atoms with Gasteiger partial charge in [-0.05, 0) is 69.3 Å². The third-order valence-corrected chi connectivity index (χ3v) is 4.70. The Kier molecular flexibility index (Phi) is 9.31. The number of halogens is 2. The topological polar surface area (TPSA) is 15.3 Å². The molecule has 0 radical (unpaired) electrons. The highest BCUT2D eigenvalue weighted by molar-refractivity contribution is 7.98. The van der Waals surface area contributed by atoms with E-state index in [0.29, 0.717) is 5.41 Å². The van der Waals surface area contributed by atoms with Gasteiger partial charge in [0.2, 0.25) is 0 Å². The molecule has 17 heavy (non-hydrogen) atoms. The average molecular weight is 301 g/mol. The predicted molar refractivity (Wildman–Crippen MR) is 83.1 cm³/mol. The smallest absolute Gasteiger partial charge is 0.00394 e. The van der Waals surface area contributed by atoms with Crippen molar-refractivity contribution in [3.05, 3.63) is 0 Å². The standard InChI is InChI=1S/C12H24N2S.2ClH/c1-15-10-2-8-14-9-5-12(11-14)3-6-13-7-4-12;;/h13H,2-11H2,1H3;2*1H. The lowest BCUT2D eigenvalue weighted by molar-refractivity contribution is 0.197. The second-order valence-corrected chi connectivity index (χ2v) is 6.11. The molecule has 1 spiro atoms. The van der Waals surface area contributed by atoms with E-state index in [0.717, 1.165) is 0 Å². The van der Waals surface area contributed by atoms with E-state index in [1.165, 1.54) is 64.2 Å². The van der Waals surface area contributed by atoms with Crippen LogP contribution in [0.2, 0.25) is 0 Å². The molecule has 0 bridgehead atoms. The Morgan fingerprint density at radius 1 is 1.18 bits per heavy atom. The molecule has 0 amide bonds. The van der Waals surface area contributed by atoms with Crippen LogP contribution in [0.25, 0.3) is 0 Å². The second-order valence-electron chi connectivity index (χ2n) is 5.12. The Hall–Kier alpha value is 0.850. The molecule has 0 aliphatic carbocycles.